The molecule has 0 saturated heterocycles. The van der Waals surface area contributed by atoms with Crippen LogP contribution in [0.5, 0.6) is 0 Å². The van der Waals surface area contributed by atoms with Gasteiger partial charge in [0.1, 0.15) is 0 Å². The molecule has 2 aromatic carbocycles. The number of carbonyl (C=O) groups excluding carboxylic acids is 1. The highest BCUT2D eigenvalue weighted by molar-refractivity contribution is 6.31. The number of para-hydroxylation sites is 1. The summed E-state index contributed by atoms with van der Waals surface area (Å²) in [7, 11) is 0. The molecule has 0 aliphatic carbocycles. The van der Waals surface area contributed by atoms with Crippen molar-refractivity contribution in [2.24, 2.45) is 0 Å². The number of aromatic nitrogens is 2. The number of benzene rings is 2. The molecule has 1 aromatic heterocycles. The molecule has 0 radical (unpaired) electrons. The summed E-state index contributed by atoms with van der Waals surface area (Å²) in [5.41, 5.74) is 1.55. The van der Waals surface area contributed by atoms with E-state index in [1.165, 1.54) is 6.20 Å². The van der Waals surface area contributed by atoms with Crippen molar-refractivity contribution in [3.8, 4) is 0 Å². The molecule has 3 aromatic rings. The minimum absolute atomic E-state index is 0.0250. The molecule has 0 saturated carbocycles. The number of hydrogen-bond donors (Lipinski definition) is 0. The van der Waals surface area contributed by atoms with Gasteiger partial charge in [0, 0.05) is 29.9 Å². The number of rotatable bonds is 6. The molecule has 0 fully saturated rings. The van der Waals surface area contributed by atoms with Crippen LogP contribution in [0.4, 0.5) is 0 Å². The van der Waals surface area contributed by atoms with Crippen molar-refractivity contribution in [1.82, 2.24) is 14.7 Å². The Bertz CT molecular complexity index is 984. The minimum Gasteiger partial charge on any atom is -0.339 e. The van der Waals surface area contributed by atoms with Gasteiger partial charge >= 0.3 is 0 Å². The largest absolute Gasteiger partial charge is 0.339 e. The van der Waals surface area contributed by atoms with Gasteiger partial charge in [-0.15, -0.1) is 0 Å². The van der Waals surface area contributed by atoms with Crippen molar-refractivity contribution in [1.29, 1.82) is 0 Å². The van der Waals surface area contributed by atoms with Gasteiger partial charge < -0.3 is 4.90 Å². The van der Waals surface area contributed by atoms with Gasteiger partial charge in [0.05, 0.1) is 18.3 Å². The lowest BCUT2D eigenvalue weighted by Crippen LogP contribution is -2.31. The van der Waals surface area contributed by atoms with E-state index in [0.717, 1.165) is 11.1 Å². The SMILES string of the molecule is CCN(Cc1ccccc1Cl)C(=O)CCn1ncc(=O)c2ccccc21. The zero-order chi connectivity index (χ0) is 18.5. The predicted octanol–water partition coefficient (Wildman–Crippen LogP) is 3.49. The van der Waals surface area contributed by atoms with Crippen molar-refractivity contribution in [3.63, 3.8) is 0 Å². The van der Waals surface area contributed by atoms with Crippen LogP contribution in [0, 0.1) is 0 Å². The molecule has 0 bridgehead atoms. The highest BCUT2D eigenvalue weighted by atomic mass is 35.5. The van der Waals surface area contributed by atoms with E-state index >= 15 is 0 Å². The van der Waals surface area contributed by atoms with E-state index in [9.17, 15) is 9.59 Å². The first-order chi connectivity index (χ1) is 12.6. The summed E-state index contributed by atoms with van der Waals surface area (Å²) in [6, 6.07) is 14.8. The van der Waals surface area contributed by atoms with Gasteiger partial charge in [-0.2, -0.15) is 5.10 Å². The maximum atomic E-state index is 12.6. The first-order valence-electron chi connectivity index (χ1n) is 8.56. The second-order valence-electron chi connectivity index (χ2n) is 6.00. The molecular formula is C20H20ClN3O2. The van der Waals surface area contributed by atoms with Gasteiger partial charge in [0.2, 0.25) is 11.3 Å². The number of halogens is 1. The number of nitrogens with zero attached hydrogens (tertiary/aromatic N) is 3. The Morgan fingerprint density at radius 3 is 2.65 bits per heavy atom. The molecule has 1 amide bonds. The lowest BCUT2D eigenvalue weighted by atomic mass is 10.2. The summed E-state index contributed by atoms with van der Waals surface area (Å²) in [4.78, 5) is 26.3. The van der Waals surface area contributed by atoms with Gasteiger partial charge in [0.25, 0.3) is 0 Å². The van der Waals surface area contributed by atoms with E-state index in [0.29, 0.717) is 36.5 Å². The van der Waals surface area contributed by atoms with Gasteiger partial charge in [-0.25, -0.2) is 0 Å². The molecule has 1 heterocycles. The maximum absolute atomic E-state index is 12.6. The van der Waals surface area contributed by atoms with Crippen LogP contribution in [-0.2, 0) is 17.9 Å². The number of fused-ring (bicyclic) bond motifs is 1. The predicted molar refractivity (Wildman–Crippen MR) is 103 cm³/mol. The van der Waals surface area contributed by atoms with Crippen LogP contribution in [0.2, 0.25) is 5.02 Å². The summed E-state index contributed by atoms with van der Waals surface area (Å²) in [6.45, 7) is 3.44. The Morgan fingerprint density at radius 2 is 1.88 bits per heavy atom. The topological polar surface area (TPSA) is 55.2 Å². The van der Waals surface area contributed by atoms with Crippen LogP contribution in [0.3, 0.4) is 0 Å². The number of amides is 1. The fourth-order valence-electron chi connectivity index (χ4n) is 2.91. The molecule has 0 aliphatic rings. The molecule has 0 atom stereocenters. The summed E-state index contributed by atoms with van der Waals surface area (Å²) in [6.07, 6.45) is 1.60. The van der Waals surface area contributed by atoms with E-state index in [-0.39, 0.29) is 11.3 Å². The van der Waals surface area contributed by atoms with Crippen molar-refractivity contribution in [2.45, 2.75) is 26.4 Å². The van der Waals surface area contributed by atoms with Crippen molar-refractivity contribution >= 4 is 28.4 Å². The molecule has 0 spiro atoms. The molecule has 0 unspecified atom stereocenters. The van der Waals surface area contributed by atoms with Crippen molar-refractivity contribution in [3.05, 3.63) is 75.5 Å². The fourth-order valence-corrected chi connectivity index (χ4v) is 3.10. The maximum Gasteiger partial charge on any atom is 0.224 e. The van der Waals surface area contributed by atoms with Crippen LogP contribution in [-0.4, -0.2) is 27.1 Å². The van der Waals surface area contributed by atoms with Crippen LogP contribution in [0.25, 0.3) is 10.9 Å². The second-order valence-corrected chi connectivity index (χ2v) is 6.41. The molecule has 5 nitrogen and oxygen atoms in total. The van der Waals surface area contributed by atoms with E-state index < -0.39 is 0 Å². The Hall–Kier alpha value is -2.66. The summed E-state index contributed by atoms with van der Waals surface area (Å²) >= 11 is 6.20. The molecule has 26 heavy (non-hydrogen) atoms. The highest BCUT2D eigenvalue weighted by Gasteiger charge is 2.14. The Morgan fingerprint density at radius 1 is 1.15 bits per heavy atom. The molecular weight excluding hydrogens is 350 g/mol. The van der Waals surface area contributed by atoms with Gasteiger partial charge in [-0.05, 0) is 30.7 Å². The normalized spacial score (nSPS) is 10.8. The summed E-state index contributed by atoms with van der Waals surface area (Å²) in [5.74, 6) is 0.0250. The summed E-state index contributed by atoms with van der Waals surface area (Å²) < 4.78 is 1.71. The third-order valence-corrected chi connectivity index (χ3v) is 4.72. The first kappa shape index (κ1) is 18.1. The second kappa shape index (κ2) is 8.15. The van der Waals surface area contributed by atoms with Crippen LogP contribution in [0.15, 0.2) is 59.5 Å². The number of carbonyl (C=O) groups is 1. The Labute approximate surface area is 156 Å². The molecule has 3 rings (SSSR count). The monoisotopic (exact) mass is 369 g/mol. The fraction of sp³-hybridized carbons (Fsp3) is 0.250. The van der Waals surface area contributed by atoms with Crippen LogP contribution >= 0.6 is 11.6 Å². The Kier molecular flexibility index (Phi) is 5.68. The lowest BCUT2D eigenvalue weighted by Gasteiger charge is -2.22. The first-order valence-corrected chi connectivity index (χ1v) is 8.94. The van der Waals surface area contributed by atoms with Crippen LogP contribution in [0.1, 0.15) is 18.9 Å². The summed E-state index contributed by atoms with van der Waals surface area (Å²) in [5, 5.41) is 5.44. The smallest absolute Gasteiger partial charge is 0.224 e. The van der Waals surface area contributed by atoms with E-state index in [1.807, 2.05) is 49.4 Å². The average Bonchev–Trinajstić information content (AvgIpc) is 2.67. The van der Waals surface area contributed by atoms with Gasteiger partial charge in [-0.3, -0.25) is 14.3 Å². The van der Waals surface area contributed by atoms with Crippen molar-refractivity contribution < 1.29 is 4.79 Å². The lowest BCUT2D eigenvalue weighted by molar-refractivity contribution is -0.131. The molecule has 6 heteroatoms. The highest BCUT2D eigenvalue weighted by Crippen LogP contribution is 2.17. The van der Waals surface area contributed by atoms with Gasteiger partial charge in [0.15, 0.2) is 0 Å². The van der Waals surface area contributed by atoms with Gasteiger partial charge in [-0.1, -0.05) is 41.9 Å². The standard InChI is InChI=1S/C20H20ClN3O2/c1-2-23(14-15-7-3-5-9-17(15)21)20(26)11-12-24-18-10-6-4-8-16(18)19(25)13-22-24/h3-10,13H,2,11-12,14H2,1H3. The third kappa shape index (κ3) is 3.94. The van der Waals surface area contributed by atoms with Crippen LogP contribution < -0.4 is 5.43 Å². The van der Waals surface area contributed by atoms with E-state index in [4.69, 9.17) is 11.6 Å². The third-order valence-electron chi connectivity index (χ3n) is 4.35. The zero-order valence-corrected chi connectivity index (χ0v) is 15.3. The van der Waals surface area contributed by atoms with E-state index in [2.05, 4.69) is 5.10 Å². The average molecular weight is 370 g/mol. The molecule has 0 aliphatic heterocycles. The molecule has 0 N–H and O–H groups in total. The number of hydrogen-bond acceptors (Lipinski definition) is 3. The Balaban J connectivity index is 1.73. The minimum atomic E-state index is -0.114. The number of aryl methyl sites for hydroxylation is 1. The molecule has 134 valence electrons. The quantitative estimate of drug-likeness (QED) is 0.668. The van der Waals surface area contributed by atoms with E-state index in [1.54, 1.807) is 15.6 Å². The zero-order valence-electron chi connectivity index (χ0n) is 14.6. The van der Waals surface area contributed by atoms with Crippen molar-refractivity contribution in [2.75, 3.05) is 6.54 Å².